The maximum Gasteiger partial charge on any atom is 0.154 e. The molecule has 4 aliphatic carbocycles. The molecule has 4 saturated carbocycles. The Morgan fingerprint density at radius 1 is 1.04 bits per heavy atom. The lowest BCUT2D eigenvalue weighted by Crippen LogP contribution is -2.55. The number of hydrogen-bond donors (Lipinski definition) is 0. The Morgan fingerprint density at radius 2 is 1.62 bits per heavy atom. The van der Waals surface area contributed by atoms with Crippen LogP contribution >= 0.6 is 0 Å². The molecule has 26 heavy (non-hydrogen) atoms. The molecule has 0 radical (unpaired) electrons. The minimum absolute atomic E-state index is 0.120. The Labute approximate surface area is 156 Å². The van der Waals surface area contributed by atoms with Crippen molar-refractivity contribution in [3.05, 3.63) is 34.4 Å². The summed E-state index contributed by atoms with van der Waals surface area (Å²) in [7, 11) is 1.73. The van der Waals surface area contributed by atoms with Gasteiger partial charge in [-0.05, 0) is 68.1 Å². The SMILES string of the molecule is CCc1cc(C)cc(CC)c1C1C(=O)C2C3CCC(OC)(CC3)C2C1=O. The zero-order valence-electron chi connectivity index (χ0n) is 16.4. The van der Waals surface area contributed by atoms with Crippen molar-refractivity contribution in [1.29, 1.82) is 0 Å². The van der Waals surface area contributed by atoms with Crippen molar-refractivity contribution in [3.63, 3.8) is 0 Å². The van der Waals surface area contributed by atoms with Crippen molar-refractivity contribution in [3.8, 4) is 0 Å². The highest BCUT2D eigenvalue weighted by atomic mass is 16.5. The summed E-state index contributed by atoms with van der Waals surface area (Å²) in [5, 5.41) is 0. The Hall–Kier alpha value is -1.48. The van der Waals surface area contributed by atoms with Gasteiger partial charge in [-0.1, -0.05) is 31.5 Å². The number of rotatable bonds is 4. The van der Waals surface area contributed by atoms with Crippen LogP contribution in [0.1, 0.15) is 67.7 Å². The lowest BCUT2D eigenvalue weighted by Gasteiger charge is -2.52. The standard InChI is InChI=1S/C23H30O3/c1-5-14-11-13(3)12-15(6-2)17(14)19-21(24)18-16-7-9-23(26-4,10-8-16)20(18)22(19)25/h11-12,16,18-20H,5-10H2,1-4H3. The number of ether oxygens (including phenoxy) is 1. The van der Waals surface area contributed by atoms with E-state index < -0.39 is 11.5 Å². The van der Waals surface area contributed by atoms with Gasteiger partial charge < -0.3 is 4.74 Å². The summed E-state index contributed by atoms with van der Waals surface area (Å²) >= 11 is 0. The van der Waals surface area contributed by atoms with Gasteiger partial charge in [-0.25, -0.2) is 0 Å². The van der Waals surface area contributed by atoms with Crippen molar-refractivity contribution < 1.29 is 14.3 Å². The van der Waals surface area contributed by atoms with Crippen LogP contribution in [0.4, 0.5) is 0 Å². The second kappa shape index (κ2) is 6.30. The molecule has 4 fully saturated rings. The molecule has 0 aliphatic heterocycles. The summed E-state index contributed by atoms with van der Waals surface area (Å²) in [4.78, 5) is 27.2. The summed E-state index contributed by atoms with van der Waals surface area (Å²) in [5.41, 5.74) is 4.18. The Bertz CT molecular complexity index is 730. The first-order valence-corrected chi connectivity index (χ1v) is 10.2. The molecule has 2 bridgehead atoms. The third kappa shape index (κ3) is 2.29. The van der Waals surface area contributed by atoms with Crippen LogP contribution in [-0.2, 0) is 27.2 Å². The lowest BCUT2D eigenvalue weighted by molar-refractivity contribution is -0.166. The van der Waals surface area contributed by atoms with Crippen molar-refractivity contribution in [1.82, 2.24) is 0 Å². The molecule has 0 amide bonds. The van der Waals surface area contributed by atoms with Crippen molar-refractivity contribution in [2.45, 2.75) is 70.8 Å². The van der Waals surface area contributed by atoms with Gasteiger partial charge in [0.05, 0.1) is 11.5 Å². The second-order valence-corrected chi connectivity index (χ2v) is 8.55. The van der Waals surface area contributed by atoms with E-state index in [2.05, 4.69) is 32.9 Å². The fourth-order valence-corrected chi connectivity index (χ4v) is 6.27. The van der Waals surface area contributed by atoms with E-state index in [1.165, 1.54) is 16.7 Å². The topological polar surface area (TPSA) is 43.4 Å². The number of hydrogen-bond acceptors (Lipinski definition) is 3. The van der Waals surface area contributed by atoms with E-state index in [1.54, 1.807) is 7.11 Å². The van der Waals surface area contributed by atoms with Gasteiger partial charge in [0, 0.05) is 13.0 Å². The molecule has 3 unspecified atom stereocenters. The van der Waals surface area contributed by atoms with Crippen molar-refractivity contribution in [2.75, 3.05) is 7.11 Å². The first kappa shape index (κ1) is 17.9. The number of ketones is 2. The molecule has 3 nitrogen and oxygen atoms in total. The minimum atomic E-state index is -0.566. The van der Waals surface area contributed by atoms with Crippen LogP contribution in [0, 0.1) is 24.7 Å². The predicted octanol–water partition coefficient (Wildman–Crippen LogP) is 4.18. The number of benzene rings is 1. The second-order valence-electron chi connectivity index (χ2n) is 8.55. The maximum atomic E-state index is 13.6. The van der Waals surface area contributed by atoms with Crippen LogP contribution in [0.3, 0.4) is 0 Å². The summed E-state index contributed by atoms with van der Waals surface area (Å²) in [6.45, 7) is 6.34. The third-order valence-corrected chi connectivity index (χ3v) is 7.47. The summed E-state index contributed by atoms with van der Waals surface area (Å²) < 4.78 is 5.94. The van der Waals surface area contributed by atoms with Crippen LogP contribution in [0.5, 0.6) is 0 Å². The molecule has 0 spiro atoms. The molecule has 5 rings (SSSR count). The maximum absolute atomic E-state index is 13.6. The average molecular weight is 354 g/mol. The van der Waals surface area contributed by atoms with Gasteiger partial charge in [0.2, 0.25) is 0 Å². The van der Waals surface area contributed by atoms with Crippen LogP contribution in [-0.4, -0.2) is 24.3 Å². The van der Waals surface area contributed by atoms with Crippen LogP contribution in [0.25, 0.3) is 0 Å². The summed E-state index contributed by atoms with van der Waals surface area (Å²) in [6.07, 6.45) is 5.61. The third-order valence-electron chi connectivity index (χ3n) is 7.47. The highest BCUT2D eigenvalue weighted by molar-refractivity contribution is 6.17. The molecule has 1 aromatic rings. The Kier molecular flexibility index (Phi) is 4.34. The van der Waals surface area contributed by atoms with E-state index in [0.717, 1.165) is 44.1 Å². The van der Waals surface area contributed by atoms with E-state index in [-0.39, 0.29) is 23.4 Å². The molecule has 140 valence electrons. The lowest BCUT2D eigenvalue weighted by atomic mass is 9.57. The van der Waals surface area contributed by atoms with E-state index in [0.29, 0.717) is 5.92 Å². The number of methoxy groups -OCH3 is 1. The molecule has 3 atom stereocenters. The normalized spacial score (nSPS) is 35.8. The molecule has 0 aromatic heterocycles. The molecule has 4 aliphatic rings. The minimum Gasteiger partial charge on any atom is -0.377 e. The molecule has 0 saturated heterocycles. The zero-order chi connectivity index (χ0) is 18.6. The van der Waals surface area contributed by atoms with Gasteiger partial charge >= 0.3 is 0 Å². The Morgan fingerprint density at radius 3 is 2.12 bits per heavy atom. The molecular weight excluding hydrogens is 324 g/mol. The van der Waals surface area contributed by atoms with Gasteiger partial charge in [0.25, 0.3) is 0 Å². The first-order chi connectivity index (χ1) is 12.5. The van der Waals surface area contributed by atoms with Crippen molar-refractivity contribution in [2.24, 2.45) is 17.8 Å². The van der Waals surface area contributed by atoms with E-state index >= 15 is 0 Å². The number of carbonyl (C=O) groups is 2. The average Bonchev–Trinajstić information content (AvgIpc) is 2.95. The van der Waals surface area contributed by atoms with Gasteiger partial charge in [0.15, 0.2) is 11.6 Å². The molecule has 0 heterocycles. The zero-order valence-corrected chi connectivity index (χ0v) is 16.4. The van der Waals surface area contributed by atoms with Crippen molar-refractivity contribution >= 4 is 11.6 Å². The number of fused-ring (bicyclic) bond motifs is 2. The largest absolute Gasteiger partial charge is 0.377 e. The predicted molar refractivity (Wildman–Crippen MR) is 101 cm³/mol. The monoisotopic (exact) mass is 354 g/mol. The highest BCUT2D eigenvalue weighted by Gasteiger charge is 2.65. The van der Waals surface area contributed by atoms with Crippen LogP contribution < -0.4 is 0 Å². The molecular formula is C23H30O3. The van der Waals surface area contributed by atoms with E-state index in [9.17, 15) is 9.59 Å². The van der Waals surface area contributed by atoms with Gasteiger partial charge in [0.1, 0.15) is 5.92 Å². The van der Waals surface area contributed by atoms with Gasteiger partial charge in [-0.15, -0.1) is 0 Å². The van der Waals surface area contributed by atoms with Crippen LogP contribution in [0.15, 0.2) is 12.1 Å². The number of carbonyl (C=O) groups excluding carboxylic acids is 2. The molecule has 0 N–H and O–H groups in total. The smallest absolute Gasteiger partial charge is 0.154 e. The van der Waals surface area contributed by atoms with Gasteiger partial charge in [-0.3, -0.25) is 9.59 Å². The number of aryl methyl sites for hydroxylation is 3. The number of Topliss-reactive ketones (excluding diaryl/α,β-unsaturated/α-hetero) is 2. The fourth-order valence-electron chi connectivity index (χ4n) is 6.27. The van der Waals surface area contributed by atoms with Crippen LogP contribution in [0.2, 0.25) is 0 Å². The highest BCUT2D eigenvalue weighted by Crippen LogP contribution is 2.59. The van der Waals surface area contributed by atoms with E-state index in [4.69, 9.17) is 4.74 Å². The summed E-state index contributed by atoms with van der Waals surface area (Å²) in [6, 6.07) is 4.33. The first-order valence-electron chi connectivity index (χ1n) is 10.2. The molecule has 3 heteroatoms. The Balaban J connectivity index is 1.85. The molecule has 1 aromatic carbocycles. The fraction of sp³-hybridized carbons (Fsp3) is 0.652. The van der Waals surface area contributed by atoms with E-state index in [1.807, 2.05) is 0 Å². The van der Waals surface area contributed by atoms with Gasteiger partial charge in [-0.2, -0.15) is 0 Å². The quantitative estimate of drug-likeness (QED) is 0.762. The summed E-state index contributed by atoms with van der Waals surface area (Å²) in [5.74, 6) is -0.222.